The molecule has 3 nitrogen and oxygen atoms in total. The van der Waals surface area contributed by atoms with Crippen molar-refractivity contribution in [3.8, 4) is 0 Å². The Labute approximate surface area is 121 Å². The summed E-state index contributed by atoms with van der Waals surface area (Å²) >= 11 is 1.52. The number of nitrogens with one attached hydrogen (secondary N) is 1. The summed E-state index contributed by atoms with van der Waals surface area (Å²) in [7, 11) is 0. The molecule has 0 aliphatic rings. The summed E-state index contributed by atoms with van der Waals surface area (Å²) in [6.45, 7) is 3.88. The second-order valence-corrected chi connectivity index (χ2v) is 5.74. The van der Waals surface area contributed by atoms with E-state index in [-0.39, 0.29) is 23.7 Å². The summed E-state index contributed by atoms with van der Waals surface area (Å²) in [4.78, 5) is 16.2. The number of carbonyl (C=O) groups is 1. The van der Waals surface area contributed by atoms with Crippen LogP contribution >= 0.6 is 11.3 Å². The van der Waals surface area contributed by atoms with E-state index >= 15 is 0 Å². The van der Waals surface area contributed by atoms with Crippen LogP contribution in [-0.4, -0.2) is 10.9 Å². The Hall–Kier alpha value is -1.75. The SMILES string of the molecule is C[C@H](NC(=O)C[C@H](C)c1ccc(F)cc1)c1nccs1. The average Bonchev–Trinajstić information content (AvgIpc) is 2.93. The van der Waals surface area contributed by atoms with Crippen LogP contribution in [0.3, 0.4) is 0 Å². The maximum atomic E-state index is 12.9. The van der Waals surface area contributed by atoms with Gasteiger partial charge in [-0.3, -0.25) is 4.79 Å². The zero-order valence-electron chi connectivity index (χ0n) is 11.5. The Balaban J connectivity index is 1.89. The van der Waals surface area contributed by atoms with Gasteiger partial charge in [0.05, 0.1) is 6.04 Å². The van der Waals surface area contributed by atoms with Gasteiger partial charge in [0, 0.05) is 18.0 Å². The van der Waals surface area contributed by atoms with Crippen LogP contribution in [0.4, 0.5) is 4.39 Å². The fourth-order valence-corrected chi connectivity index (χ4v) is 2.64. The number of benzene rings is 1. The first kappa shape index (κ1) is 14.7. The first-order valence-corrected chi connectivity index (χ1v) is 7.38. The summed E-state index contributed by atoms with van der Waals surface area (Å²) in [6.07, 6.45) is 2.10. The molecular weight excluding hydrogens is 275 g/mol. The zero-order valence-corrected chi connectivity index (χ0v) is 12.3. The van der Waals surface area contributed by atoms with Gasteiger partial charge < -0.3 is 5.32 Å². The van der Waals surface area contributed by atoms with Gasteiger partial charge in [0.1, 0.15) is 10.8 Å². The minimum absolute atomic E-state index is 0.0236. The van der Waals surface area contributed by atoms with Crippen LogP contribution in [0.15, 0.2) is 35.8 Å². The molecular formula is C15H17FN2OS. The van der Waals surface area contributed by atoms with E-state index in [1.807, 2.05) is 19.2 Å². The Bertz CT molecular complexity index is 554. The largest absolute Gasteiger partial charge is 0.347 e. The van der Waals surface area contributed by atoms with Crippen molar-refractivity contribution in [1.82, 2.24) is 10.3 Å². The molecule has 0 radical (unpaired) electrons. The average molecular weight is 292 g/mol. The van der Waals surface area contributed by atoms with Crippen molar-refractivity contribution < 1.29 is 9.18 Å². The summed E-state index contributed by atoms with van der Waals surface area (Å²) in [5.41, 5.74) is 0.962. The predicted molar refractivity (Wildman–Crippen MR) is 78.1 cm³/mol. The van der Waals surface area contributed by atoms with E-state index in [0.717, 1.165) is 10.6 Å². The molecule has 0 saturated carbocycles. The molecule has 0 fully saturated rings. The molecule has 0 aliphatic heterocycles. The molecule has 0 aliphatic carbocycles. The number of carbonyl (C=O) groups excluding carboxylic acids is 1. The summed E-state index contributed by atoms with van der Waals surface area (Å²) in [5, 5.41) is 5.71. The smallest absolute Gasteiger partial charge is 0.221 e. The Kier molecular flexibility index (Phi) is 4.84. The lowest BCUT2D eigenvalue weighted by molar-refractivity contribution is -0.122. The van der Waals surface area contributed by atoms with Crippen molar-refractivity contribution in [2.75, 3.05) is 0 Å². The van der Waals surface area contributed by atoms with Crippen molar-refractivity contribution >= 4 is 17.2 Å². The van der Waals surface area contributed by atoms with Gasteiger partial charge in [-0.05, 0) is 30.5 Å². The van der Waals surface area contributed by atoms with E-state index in [4.69, 9.17) is 0 Å². The van der Waals surface area contributed by atoms with Crippen molar-refractivity contribution in [1.29, 1.82) is 0 Å². The Morgan fingerprint density at radius 1 is 1.35 bits per heavy atom. The molecule has 2 rings (SSSR count). The Morgan fingerprint density at radius 3 is 2.65 bits per heavy atom. The number of halogens is 1. The fourth-order valence-electron chi connectivity index (χ4n) is 2.00. The number of rotatable bonds is 5. The van der Waals surface area contributed by atoms with Crippen molar-refractivity contribution in [3.05, 3.63) is 52.2 Å². The molecule has 1 heterocycles. The minimum atomic E-state index is -0.261. The third kappa shape index (κ3) is 3.87. The van der Waals surface area contributed by atoms with Crippen molar-refractivity contribution in [2.24, 2.45) is 0 Å². The Morgan fingerprint density at radius 2 is 2.05 bits per heavy atom. The maximum absolute atomic E-state index is 12.9. The van der Waals surface area contributed by atoms with Crippen LogP contribution in [0.2, 0.25) is 0 Å². The highest BCUT2D eigenvalue weighted by atomic mass is 32.1. The third-order valence-corrected chi connectivity index (χ3v) is 4.09. The van der Waals surface area contributed by atoms with Gasteiger partial charge in [0.25, 0.3) is 0 Å². The number of hydrogen-bond acceptors (Lipinski definition) is 3. The number of nitrogens with zero attached hydrogens (tertiary/aromatic N) is 1. The highest BCUT2D eigenvalue weighted by molar-refractivity contribution is 7.09. The summed E-state index contributed by atoms with van der Waals surface area (Å²) in [6, 6.07) is 6.20. The highest BCUT2D eigenvalue weighted by Gasteiger charge is 2.15. The molecule has 2 atom stereocenters. The van der Waals surface area contributed by atoms with Gasteiger partial charge in [0.15, 0.2) is 0 Å². The van der Waals surface area contributed by atoms with Crippen LogP contribution in [0.5, 0.6) is 0 Å². The van der Waals surface area contributed by atoms with E-state index in [0.29, 0.717) is 6.42 Å². The minimum Gasteiger partial charge on any atom is -0.347 e. The molecule has 0 spiro atoms. The lowest BCUT2D eigenvalue weighted by Gasteiger charge is -2.15. The molecule has 20 heavy (non-hydrogen) atoms. The number of hydrogen-bond donors (Lipinski definition) is 1. The van der Waals surface area contributed by atoms with E-state index in [1.165, 1.54) is 23.5 Å². The van der Waals surface area contributed by atoms with Crippen LogP contribution in [0, 0.1) is 5.82 Å². The van der Waals surface area contributed by atoms with Gasteiger partial charge in [-0.1, -0.05) is 19.1 Å². The molecule has 1 aromatic heterocycles. The third-order valence-electron chi connectivity index (χ3n) is 3.13. The predicted octanol–water partition coefficient (Wildman–Crippen LogP) is 3.65. The van der Waals surface area contributed by atoms with Gasteiger partial charge in [-0.15, -0.1) is 11.3 Å². The van der Waals surface area contributed by atoms with E-state index in [1.54, 1.807) is 18.3 Å². The first-order chi connectivity index (χ1) is 9.56. The van der Waals surface area contributed by atoms with E-state index in [9.17, 15) is 9.18 Å². The fraction of sp³-hybridized carbons (Fsp3) is 0.333. The molecule has 0 saturated heterocycles. The number of amides is 1. The molecule has 1 aromatic carbocycles. The second-order valence-electron chi connectivity index (χ2n) is 4.82. The summed E-state index contributed by atoms with van der Waals surface area (Å²) in [5.74, 6) is -0.230. The van der Waals surface area contributed by atoms with Gasteiger partial charge in [-0.2, -0.15) is 0 Å². The topological polar surface area (TPSA) is 42.0 Å². The van der Waals surface area contributed by atoms with Crippen LogP contribution in [0.1, 0.15) is 42.8 Å². The lowest BCUT2D eigenvalue weighted by atomic mass is 9.97. The standard InChI is InChI=1S/C15H17FN2OS/c1-10(12-3-5-13(16)6-4-12)9-14(19)18-11(2)15-17-7-8-20-15/h3-8,10-11H,9H2,1-2H3,(H,18,19)/t10-,11-/m0/s1. The van der Waals surface area contributed by atoms with E-state index < -0.39 is 0 Å². The van der Waals surface area contributed by atoms with Gasteiger partial charge >= 0.3 is 0 Å². The quantitative estimate of drug-likeness (QED) is 0.914. The first-order valence-electron chi connectivity index (χ1n) is 6.50. The van der Waals surface area contributed by atoms with Crippen LogP contribution < -0.4 is 5.32 Å². The monoisotopic (exact) mass is 292 g/mol. The molecule has 0 unspecified atom stereocenters. The van der Waals surface area contributed by atoms with Gasteiger partial charge in [-0.25, -0.2) is 9.37 Å². The molecule has 0 bridgehead atoms. The zero-order chi connectivity index (χ0) is 14.5. The molecule has 2 aromatic rings. The molecule has 106 valence electrons. The van der Waals surface area contributed by atoms with Crippen molar-refractivity contribution in [3.63, 3.8) is 0 Å². The number of thiazole rings is 1. The molecule has 5 heteroatoms. The van der Waals surface area contributed by atoms with Crippen LogP contribution in [-0.2, 0) is 4.79 Å². The lowest BCUT2D eigenvalue weighted by Crippen LogP contribution is -2.27. The van der Waals surface area contributed by atoms with Gasteiger partial charge in [0.2, 0.25) is 5.91 Å². The molecule has 1 N–H and O–H groups in total. The van der Waals surface area contributed by atoms with Crippen molar-refractivity contribution in [2.45, 2.75) is 32.2 Å². The highest BCUT2D eigenvalue weighted by Crippen LogP contribution is 2.20. The summed E-state index contributed by atoms with van der Waals surface area (Å²) < 4.78 is 12.9. The number of aromatic nitrogens is 1. The van der Waals surface area contributed by atoms with E-state index in [2.05, 4.69) is 10.3 Å². The second kappa shape index (κ2) is 6.61. The maximum Gasteiger partial charge on any atom is 0.221 e. The van der Waals surface area contributed by atoms with Crippen LogP contribution in [0.25, 0.3) is 0 Å². The molecule has 1 amide bonds. The normalized spacial score (nSPS) is 13.8.